The van der Waals surface area contributed by atoms with Gasteiger partial charge in [0.1, 0.15) is 5.82 Å². The predicted molar refractivity (Wildman–Crippen MR) is 92.5 cm³/mol. The fourth-order valence-electron chi connectivity index (χ4n) is 3.42. The third-order valence-corrected chi connectivity index (χ3v) is 4.76. The molecule has 0 radical (unpaired) electrons. The number of rotatable bonds is 3. The monoisotopic (exact) mass is 325 g/mol. The van der Waals surface area contributed by atoms with E-state index in [0.717, 1.165) is 48.3 Å². The summed E-state index contributed by atoms with van der Waals surface area (Å²) in [6, 6.07) is 10.9. The molecule has 3 aromatic rings. The van der Waals surface area contributed by atoms with Crippen LogP contribution in [0.4, 0.5) is 10.2 Å². The number of halogens is 1. The summed E-state index contributed by atoms with van der Waals surface area (Å²) in [7, 11) is 0. The maximum atomic E-state index is 13.1. The van der Waals surface area contributed by atoms with E-state index in [1.807, 2.05) is 18.3 Å². The second kappa shape index (κ2) is 6.24. The molecular weight excluding hydrogens is 305 g/mol. The molecule has 2 heterocycles. The van der Waals surface area contributed by atoms with Crippen LogP contribution in [0.25, 0.3) is 16.8 Å². The fourth-order valence-corrected chi connectivity index (χ4v) is 3.42. The Bertz CT molecular complexity index is 835. The highest BCUT2D eigenvalue weighted by Gasteiger charge is 2.20. The van der Waals surface area contributed by atoms with Crippen LogP contribution in [0.5, 0.6) is 0 Å². The van der Waals surface area contributed by atoms with Crippen molar-refractivity contribution in [3.8, 4) is 11.3 Å². The van der Waals surface area contributed by atoms with Crippen molar-refractivity contribution >= 4 is 11.3 Å². The van der Waals surface area contributed by atoms with Crippen LogP contribution >= 0.6 is 0 Å². The zero-order valence-corrected chi connectivity index (χ0v) is 13.3. The van der Waals surface area contributed by atoms with Gasteiger partial charge in [-0.3, -0.25) is 0 Å². The maximum absolute atomic E-state index is 13.1. The zero-order valence-electron chi connectivity index (χ0n) is 13.3. The van der Waals surface area contributed by atoms with E-state index in [1.54, 1.807) is 18.3 Å². The predicted octanol–water partition coefficient (Wildman–Crippen LogP) is 3.86. The highest BCUT2D eigenvalue weighted by Crippen LogP contribution is 2.28. The van der Waals surface area contributed by atoms with Gasteiger partial charge in [-0.2, -0.15) is 0 Å². The molecule has 1 fully saturated rings. The van der Waals surface area contributed by atoms with Gasteiger partial charge < -0.3 is 14.8 Å². The van der Waals surface area contributed by atoms with Gasteiger partial charge in [0.15, 0.2) is 5.82 Å². The van der Waals surface area contributed by atoms with E-state index < -0.39 is 0 Å². The number of aromatic nitrogens is 2. The Kier molecular flexibility index (Phi) is 3.94. The van der Waals surface area contributed by atoms with Crippen molar-refractivity contribution in [2.75, 3.05) is 5.32 Å². The number of benzene rings is 1. The lowest BCUT2D eigenvalue weighted by atomic mass is 9.93. The quantitative estimate of drug-likeness (QED) is 0.769. The largest absolute Gasteiger partial charge is 0.393 e. The van der Waals surface area contributed by atoms with Crippen molar-refractivity contribution in [3.05, 3.63) is 54.6 Å². The first kappa shape index (κ1) is 15.1. The van der Waals surface area contributed by atoms with Gasteiger partial charge in [0, 0.05) is 18.4 Å². The standard InChI is InChI=1S/C19H20FN3O/c20-14-3-1-13(2-4-14)17-9-10-18-19(21-11-12-23(17)18)22-15-5-7-16(24)8-6-15/h1-4,9-12,15-16,24H,5-8H2,(H,21,22). The van der Waals surface area contributed by atoms with Crippen molar-refractivity contribution in [1.82, 2.24) is 9.38 Å². The summed E-state index contributed by atoms with van der Waals surface area (Å²) in [5, 5.41) is 13.2. The lowest BCUT2D eigenvalue weighted by Crippen LogP contribution is -2.28. The number of aliphatic hydroxyl groups excluding tert-OH is 1. The molecule has 0 unspecified atom stereocenters. The van der Waals surface area contributed by atoms with Gasteiger partial charge in [-0.15, -0.1) is 0 Å². The zero-order chi connectivity index (χ0) is 16.5. The molecule has 0 aliphatic heterocycles. The lowest BCUT2D eigenvalue weighted by molar-refractivity contribution is 0.126. The molecule has 1 saturated carbocycles. The molecule has 2 aromatic heterocycles. The molecule has 4 rings (SSSR count). The molecule has 24 heavy (non-hydrogen) atoms. The minimum absolute atomic E-state index is 0.162. The summed E-state index contributed by atoms with van der Waals surface area (Å²) >= 11 is 0. The van der Waals surface area contributed by atoms with Crippen molar-refractivity contribution in [2.45, 2.75) is 37.8 Å². The van der Waals surface area contributed by atoms with E-state index in [1.165, 1.54) is 12.1 Å². The SMILES string of the molecule is OC1CCC(Nc2nccn3c(-c4ccc(F)cc4)ccc23)CC1. The molecule has 0 spiro atoms. The average molecular weight is 325 g/mol. The van der Waals surface area contributed by atoms with E-state index in [2.05, 4.69) is 14.7 Å². The van der Waals surface area contributed by atoms with Crippen LogP contribution < -0.4 is 5.32 Å². The second-order valence-electron chi connectivity index (χ2n) is 6.41. The van der Waals surface area contributed by atoms with Crippen LogP contribution in [0.2, 0.25) is 0 Å². The second-order valence-corrected chi connectivity index (χ2v) is 6.41. The van der Waals surface area contributed by atoms with E-state index in [-0.39, 0.29) is 11.9 Å². The Morgan fingerprint density at radius 2 is 1.79 bits per heavy atom. The Hall–Kier alpha value is -2.40. The Morgan fingerprint density at radius 1 is 1.04 bits per heavy atom. The molecule has 1 aliphatic rings. The summed E-state index contributed by atoms with van der Waals surface area (Å²) in [5.41, 5.74) is 2.98. The van der Waals surface area contributed by atoms with Gasteiger partial charge in [0.2, 0.25) is 0 Å². The maximum Gasteiger partial charge on any atom is 0.150 e. The summed E-state index contributed by atoms with van der Waals surface area (Å²) in [4.78, 5) is 4.49. The summed E-state index contributed by atoms with van der Waals surface area (Å²) in [6.07, 6.45) is 7.12. The lowest BCUT2D eigenvalue weighted by Gasteiger charge is -2.26. The van der Waals surface area contributed by atoms with Crippen LogP contribution in [-0.2, 0) is 0 Å². The molecular formula is C19H20FN3O. The number of anilines is 1. The molecule has 124 valence electrons. The molecule has 0 amide bonds. The summed E-state index contributed by atoms with van der Waals surface area (Å²) in [6.45, 7) is 0. The molecule has 0 atom stereocenters. The molecule has 0 saturated heterocycles. The highest BCUT2D eigenvalue weighted by molar-refractivity contribution is 5.75. The van der Waals surface area contributed by atoms with Crippen LogP contribution in [-0.4, -0.2) is 26.6 Å². The first-order chi connectivity index (χ1) is 11.7. The van der Waals surface area contributed by atoms with Crippen LogP contribution in [0.1, 0.15) is 25.7 Å². The number of nitrogens with one attached hydrogen (secondary N) is 1. The first-order valence-corrected chi connectivity index (χ1v) is 8.37. The van der Waals surface area contributed by atoms with E-state index in [0.29, 0.717) is 6.04 Å². The van der Waals surface area contributed by atoms with Gasteiger partial charge in [-0.25, -0.2) is 9.37 Å². The normalized spacial score (nSPS) is 21.1. The average Bonchev–Trinajstić information content (AvgIpc) is 3.03. The number of hydrogen-bond donors (Lipinski definition) is 2. The number of aliphatic hydroxyl groups is 1. The fraction of sp³-hybridized carbons (Fsp3) is 0.316. The van der Waals surface area contributed by atoms with Gasteiger partial charge in [-0.05, 0) is 67.6 Å². The highest BCUT2D eigenvalue weighted by atomic mass is 19.1. The van der Waals surface area contributed by atoms with Crippen LogP contribution in [0.3, 0.4) is 0 Å². The van der Waals surface area contributed by atoms with Crippen molar-refractivity contribution in [1.29, 1.82) is 0 Å². The summed E-state index contributed by atoms with van der Waals surface area (Å²) < 4.78 is 15.2. The minimum atomic E-state index is -0.233. The third kappa shape index (κ3) is 2.87. The first-order valence-electron chi connectivity index (χ1n) is 8.37. The Balaban J connectivity index is 1.65. The van der Waals surface area contributed by atoms with Crippen molar-refractivity contribution < 1.29 is 9.50 Å². The molecule has 2 N–H and O–H groups in total. The molecule has 5 heteroatoms. The number of nitrogens with zero attached hydrogens (tertiary/aromatic N) is 2. The number of hydrogen-bond acceptors (Lipinski definition) is 3. The van der Waals surface area contributed by atoms with Gasteiger partial charge in [-0.1, -0.05) is 0 Å². The molecule has 4 nitrogen and oxygen atoms in total. The Morgan fingerprint density at radius 3 is 2.54 bits per heavy atom. The summed E-state index contributed by atoms with van der Waals surface area (Å²) in [5.74, 6) is 0.621. The van der Waals surface area contributed by atoms with E-state index >= 15 is 0 Å². The van der Waals surface area contributed by atoms with Gasteiger partial charge in [0.25, 0.3) is 0 Å². The van der Waals surface area contributed by atoms with Gasteiger partial charge >= 0.3 is 0 Å². The molecule has 1 aliphatic carbocycles. The third-order valence-electron chi connectivity index (χ3n) is 4.76. The smallest absolute Gasteiger partial charge is 0.150 e. The van der Waals surface area contributed by atoms with Crippen molar-refractivity contribution in [3.63, 3.8) is 0 Å². The number of fused-ring (bicyclic) bond motifs is 1. The van der Waals surface area contributed by atoms with E-state index in [4.69, 9.17) is 0 Å². The van der Waals surface area contributed by atoms with Crippen molar-refractivity contribution in [2.24, 2.45) is 0 Å². The molecule has 0 bridgehead atoms. The Labute approximate surface area is 140 Å². The van der Waals surface area contributed by atoms with Crippen LogP contribution in [0, 0.1) is 5.82 Å². The van der Waals surface area contributed by atoms with Gasteiger partial charge in [0.05, 0.1) is 17.3 Å². The van der Waals surface area contributed by atoms with Crippen LogP contribution in [0.15, 0.2) is 48.8 Å². The molecule has 1 aromatic carbocycles. The topological polar surface area (TPSA) is 49.6 Å². The minimum Gasteiger partial charge on any atom is -0.393 e. The van der Waals surface area contributed by atoms with E-state index in [9.17, 15) is 9.50 Å².